The van der Waals surface area contributed by atoms with Gasteiger partial charge in [0.15, 0.2) is 0 Å². The summed E-state index contributed by atoms with van der Waals surface area (Å²) in [6.45, 7) is 1.09. The van der Waals surface area contributed by atoms with E-state index in [2.05, 4.69) is 10.2 Å². The molecule has 2 aromatic carbocycles. The number of nitrogens with zero attached hydrogens (tertiary/aromatic N) is 2. The summed E-state index contributed by atoms with van der Waals surface area (Å²) < 4.78 is 55.1. The fourth-order valence-corrected chi connectivity index (χ4v) is 5.52. The summed E-state index contributed by atoms with van der Waals surface area (Å²) in [5.41, 5.74) is 2.57. The van der Waals surface area contributed by atoms with Crippen LogP contribution < -0.4 is 4.18 Å². The molecule has 33 heavy (non-hydrogen) atoms. The van der Waals surface area contributed by atoms with Crippen molar-refractivity contribution in [3.05, 3.63) is 66.1 Å². The largest absolute Gasteiger partial charge is 0.480 e. The third-order valence-corrected chi connectivity index (χ3v) is 7.13. The summed E-state index contributed by atoms with van der Waals surface area (Å²) in [5, 5.41) is 16.2. The molecule has 2 heterocycles. The number of H-pyrrole nitrogens is 1. The van der Waals surface area contributed by atoms with Crippen LogP contribution in [0.25, 0.3) is 22.0 Å². The molecule has 0 atom stereocenters. The van der Waals surface area contributed by atoms with E-state index < -0.39 is 33.3 Å². The summed E-state index contributed by atoms with van der Waals surface area (Å²) in [7, 11) is -6.98. The van der Waals surface area contributed by atoms with Crippen LogP contribution in [0, 0.1) is 6.92 Å². The molecule has 0 unspecified atom stereocenters. The van der Waals surface area contributed by atoms with Crippen LogP contribution >= 0.6 is 0 Å². The number of fused-ring (bicyclic) bond motifs is 1. The Labute approximate surface area is 190 Å². The molecule has 0 spiro atoms. The van der Waals surface area contributed by atoms with Crippen molar-refractivity contribution in [2.75, 3.05) is 0 Å². The van der Waals surface area contributed by atoms with Gasteiger partial charge < -0.3 is 13.9 Å². The SMILES string of the molecule is Cc1c(S(=O)(=O)Oc2ccc(C[SH](=O)=O)cc2)c2cc(-c3cn[nH]c3)ccc2n1CC(=O)O. The smallest absolute Gasteiger partial charge is 0.341 e. The van der Waals surface area contributed by atoms with Gasteiger partial charge in [0, 0.05) is 22.8 Å². The molecule has 0 fully saturated rings. The van der Waals surface area contributed by atoms with Crippen LogP contribution in [0.2, 0.25) is 0 Å². The Bertz CT molecular complexity index is 1510. The lowest BCUT2D eigenvalue weighted by Crippen LogP contribution is -2.13. The Morgan fingerprint density at radius 2 is 1.88 bits per heavy atom. The third-order valence-electron chi connectivity index (χ3n) is 5.08. The molecule has 0 radical (unpaired) electrons. The summed E-state index contributed by atoms with van der Waals surface area (Å²) in [4.78, 5) is 11.3. The first-order chi connectivity index (χ1) is 15.7. The van der Waals surface area contributed by atoms with Gasteiger partial charge in [0.05, 0.1) is 17.5 Å². The van der Waals surface area contributed by atoms with Crippen LogP contribution in [0.15, 0.2) is 59.8 Å². The van der Waals surface area contributed by atoms with Crippen molar-refractivity contribution in [2.45, 2.75) is 24.1 Å². The Kier molecular flexibility index (Phi) is 5.95. The average molecular weight is 490 g/mol. The van der Waals surface area contributed by atoms with Gasteiger partial charge >= 0.3 is 16.1 Å². The fraction of sp³-hybridized carbons (Fsp3) is 0.143. The van der Waals surface area contributed by atoms with E-state index in [4.69, 9.17) is 4.18 Å². The minimum absolute atomic E-state index is 0.00407. The number of hydrogen-bond donors (Lipinski definition) is 3. The molecular formula is C21H19N3O7S2. The highest BCUT2D eigenvalue weighted by atomic mass is 32.2. The molecule has 4 aromatic rings. The van der Waals surface area contributed by atoms with E-state index in [1.54, 1.807) is 30.6 Å². The second-order valence-corrected chi connectivity index (χ2v) is 9.75. The second-order valence-electron chi connectivity index (χ2n) is 7.29. The summed E-state index contributed by atoms with van der Waals surface area (Å²) in [6.07, 6.45) is 3.24. The van der Waals surface area contributed by atoms with E-state index in [0.29, 0.717) is 22.0 Å². The van der Waals surface area contributed by atoms with Crippen LogP contribution in [-0.4, -0.2) is 42.7 Å². The molecule has 4 rings (SSSR count). The zero-order valence-corrected chi connectivity index (χ0v) is 19.0. The molecule has 0 aliphatic heterocycles. The molecule has 2 aromatic heterocycles. The topological polar surface area (TPSA) is 148 Å². The van der Waals surface area contributed by atoms with Gasteiger partial charge in [0.25, 0.3) is 0 Å². The average Bonchev–Trinajstić information content (AvgIpc) is 3.36. The number of hydrogen-bond acceptors (Lipinski definition) is 7. The van der Waals surface area contributed by atoms with Crippen molar-refractivity contribution < 1.29 is 30.9 Å². The Morgan fingerprint density at radius 3 is 2.48 bits per heavy atom. The van der Waals surface area contributed by atoms with E-state index in [1.807, 2.05) is 0 Å². The molecule has 0 bridgehead atoms. The second kappa shape index (κ2) is 8.71. The number of benzene rings is 2. The number of aliphatic carboxylic acids is 1. The lowest BCUT2D eigenvalue weighted by molar-refractivity contribution is -0.137. The van der Waals surface area contributed by atoms with Crippen LogP contribution in [0.4, 0.5) is 0 Å². The van der Waals surface area contributed by atoms with Gasteiger partial charge in [-0.05, 0) is 42.3 Å². The van der Waals surface area contributed by atoms with Gasteiger partial charge in [-0.3, -0.25) is 9.89 Å². The number of nitrogens with one attached hydrogen (secondary N) is 1. The van der Waals surface area contributed by atoms with Crippen molar-refractivity contribution in [1.82, 2.24) is 14.8 Å². The maximum Gasteiger partial charge on any atom is 0.341 e. The highest BCUT2D eigenvalue weighted by molar-refractivity contribution is 7.87. The number of carboxylic acids is 1. The van der Waals surface area contributed by atoms with Crippen molar-refractivity contribution in [2.24, 2.45) is 0 Å². The molecule has 0 saturated carbocycles. The van der Waals surface area contributed by atoms with E-state index in [1.165, 1.54) is 35.8 Å². The third kappa shape index (κ3) is 4.61. The number of thiol groups is 1. The summed E-state index contributed by atoms with van der Waals surface area (Å²) in [6, 6.07) is 10.7. The molecule has 10 nitrogen and oxygen atoms in total. The van der Waals surface area contributed by atoms with Crippen LogP contribution in [-0.2, 0) is 37.9 Å². The number of carboxylic acid groups (broad SMARTS) is 1. The maximum absolute atomic E-state index is 13.3. The molecule has 0 aliphatic rings. The Balaban J connectivity index is 1.82. The van der Waals surface area contributed by atoms with Crippen molar-refractivity contribution in [3.63, 3.8) is 0 Å². The van der Waals surface area contributed by atoms with Gasteiger partial charge in [-0.1, -0.05) is 18.2 Å². The lowest BCUT2D eigenvalue weighted by atomic mass is 10.1. The molecule has 0 saturated heterocycles. The first-order valence-corrected chi connectivity index (χ1v) is 12.4. The van der Waals surface area contributed by atoms with Crippen molar-refractivity contribution in [1.29, 1.82) is 0 Å². The number of rotatable bonds is 8. The number of aromatic nitrogens is 3. The van der Waals surface area contributed by atoms with Crippen LogP contribution in [0.3, 0.4) is 0 Å². The highest BCUT2D eigenvalue weighted by Crippen LogP contribution is 2.34. The fourth-order valence-electron chi connectivity index (χ4n) is 3.66. The Hall–Kier alpha value is -3.64. The van der Waals surface area contributed by atoms with Gasteiger partial charge in [-0.15, -0.1) is 0 Å². The Morgan fingerprint density at radius 1 is 1.15 bits per heavy atom. The number of aromatic amines is 1. The summed E-state index contributed by atoms with van der Waals surface area (Å²) >= 11 is 0. The van der Waals surface area contributed by atoms with Crippen LogP contribution in [0.5, 0.6) is 5.75 Å². The standard InChI is InChI=1S/C21H19N3O7S2/c1-13-21(33(29,30)31-17-5-2-14(3-6-17)12-32(27)28)18-8-15(16-9-22-23-10-16)4-7-19(18)24(13)11-20(25)26/h2-10,32H,11-12H2,1H3,(H,22,23)(H,25,26). The van der Waals surface area contributed by atoms with Crippen LogP contribution in [0.1, 0.15) is 11.3 Å². The van der Waals surface area contributed by atoms with Gasteiger partial charge in [-0.25, -0.2) is 8.42 Å². The predicted molar refractivity (Wildman–Crippen MR) is 120 cm³/mol. The summed E-state index contributed by atoms with van der Waals surface area (Å²) in [5.74, 6) is -1.28. The molecule has 172 valence electrons. The predicted octanol–water partition coefficient (Wildman–Crippen LogP) is 2.30. The molecule has 0 aliphatic carbocycles. The van der Waals surface area contributed by atoms with Crippen molar-refractivity contribution >= 4 is 37.7 Å². The molecular weight excluding hydrogens is 470 g/mol. The monoisotopic (exact) mass is 489 g/mol. The minimum Gasteiger partial charge on any atom is -0.480 e. The zero-order chi connectivity index (χ0) is 23.8. The minimum atomic E-state index is -4.36. The van der Waals surface area contributed by atoms with Gasteiger partial charge in [0.1, 0.15) is 27.9 Å². The maximum atomic E-state index is 13.3. The van der Waals surface area contributed by atoms with E-state index in [9.17, 15) is 26.7 Å². The molecule has 0 amide bonds. The van der Waals surface area contributed by atoms with E-state index >= 15 is 0 Å². The first-order valence-electron chi connectivity index (χ1n) is 9.65. The van der Waals surface area contributed by atoms with Gasteiger partial charge in [-0.2, -0.15) is 13.5 Å². The first kappa shape index (κ1) is 22.6. The molecule has 12 heteroatoms. The molecule has 2 N–H and O–H groups in total. The normalized spacial score (nSPS) is 11.8. The number of carbonyl (C=O) groups is 1. The van der Waals surface area contributed by atoms with Crippen molar-refractivity contribution in [3.8, 4) is 16.9 Å². The zero-order valence-electron chi connectivity index (χ0n) is 17.3. The van der Waals surface area contributed by atoms with E-state index in [-0.39, 0.29) is 22.1 Å². The quantitative estimate of drug-likeness (QED) is 0.252. The lowest BCUT2D eigenvalue weighted by Gasteiger charge is -2.09. The van der Waals surface area contributed by atoms with E-state index in [0.717, 1.165) is 5.56 Å². The highest BCUT2D eigenvalue weighted by Gasteiger charge is 2.28. The van der Waals surface area contributed by atoms with Gasteiger partial charge in [0.2, 0.25) is 0 Å².